The molecule has 4 aromatic rings. The van der Waals surface area contributed by atoms with Gasteiger partial charge in [-0.1, -0.05) is 42.1 Å². The Labute approximate surface area is 146 Å². The quantitative estimate of drug-likeness (QED) is 0.491. The third-order valence-electron chi connectivity index (χ3n) is 3.31. The summed E-state index contributed by atoms with van der Waals surface area (Å²) in [7, 11) is 0. The van der Waals surface area contributed by atoms with Gasteiger partial charge in [-0.25, -0.2) is 9.67 Å². The van der Waals surface area contributed by atoms with Crippen LogP contribution in [-0.2, 0) is 12.3 Å². The Balaban J connectivity index is 1.43. The standard InChI is InChI=1S/C16H13N5OS2/c1-2-5-12(6-3-1)15-17-13(10-23-15)11-24-16-18-19-20-21(16)9-14-7-4-8-22-14/h1-8,10H,9,11H2. The molecule has 8 heteroatoms. The van der Waals surface area contributed by atoms with Gasteiger partial charge in [-0.2, -0.15) is 0 Å². The molecular weight excluding hydrogens is 342 g/mol. The minimum absolute atomic E-state index is 0.522. The Morgan fingerprint density at radius 3 is 2.88 bits per heavy atom. The molecule has 0 fully saturated rings. The molecule has 0 atom stereocenters. The normalized spacial score (nSPS) is 11.0. The van der Waals surface area contributed by atoms with E-state index in [1.54, 1.807) is 34.0 Å². The molecule has 0 radical (unpaired) electrons. The summed E-state index contributed by atoms with van der Waals surface area (Å²) in [5, 5.41) is 15.7. The summed E-state index contributed by atoms with van der Waals surface area (Å²) < 4.78 is 7.07. The fourth-order valence-electron chi connectivity index (χ4n) is 2.17. The number of thiazole rings is 1. The van der Waals surface area contributed by atoms with Crippen molar-refractivity contribution in [3.63, 3.8) is 0 Å². The maximum Gasteiger partial charge on any atom is 0.210 e. The molecule has 4 rings (SSSR count). The molecule has 3 heterocycles. The van der Waals surface area contributed by atoms with Gasteiger partial charge >= 0.3 is 0 Å². The van der Waals surface area contributed by atoms with E-state index in [0.29, 0.717) is 6.54 Å². The first-order chi connectivity index (χ1) is 11.9. The first kappa shape index (κ1) is 15.1. The highest BCUT2D eigenvalue weighted by Crippen LogP contribution is 2.27. The molecule has 6 nitrogen and oxygen atoms in total. The molecule has 0 aliphatic heterocycles. The molecule has 0 saturated carbocycles. The molecule has 0 amide bonds. The van der Waals surface area contributed by atoms with Gasteiger partial charge in [0.15, 0.2) is 0 Å². The lowest BCUT2D eigenvalue weighted by Crippen LogP contribution is -2.03. The van der Waals surface area contributed by atoms with Crippen LogP contribution in [0.15, 0.2) is 63.7 Å². The number of tetrazole rings is 1. The Morgan fingerprint density at radius 1 is 1.12 bits per heavy atom. The van der Waals surface area contributed by atoms with Crippen molar-refractivity contribution in [2.45, 2.75) is 17.5 Å². The zero-order valence-corrected chi connectivity index (χ0v) is 14.2. The lowest BCUT2D eigenvalue weighted by Gasteiger charge is -2.01. The van der Waals surface area contributed by atoms with Crippen LogP contribution in [0.3, 0.4) is 0 Å². The molecule has 120 valence electrons. The first-order valence-electron chi connectivity index (χ1n) is 7.29. The van der Waals surface area contributed by atoms with E-state index in [1.165, 1.54) is 0 Å². The highest BCUT2D eigenvalue weighted by Gasteiger charge is 2.11. The highest BCUT2D eigenvalue weighted by atomic mass is 32.2. The van der Waals surface area contributed by atoms with Crippen molar-refractivity contribution in [1.82, 2.24) is 25.2 Å². The molecule has 0 aliphatic rings. The number of furan rings is 1. The number of nitrogens with zero attached hydrogens (tertiary/aromatic N) is 5. The largest absolute Gasteiger partial charge is 0.467 e. The topological polar surface area (TPSA) is 69.6 Å². The smallest absolute Gasteiger partial charge is 0.210 e. The summed E-state index contributed by atoms with van der Waals surface area (Å²) in [5.41, 5.74) is 2.16. The van der Waals surface area contributed by atoms with Gasteiger partial charge in [0, 0.05) is 16.7 Å². The van der Waals surface area contributed by atoms with Crippen molar-refractivity contribution in [1.29, 1.82) is 0 Å². The zero-order valence-electron chi connectivity index (χ0n) is 12.6. The second-order valence-electron chi connectivity index (χ2n) is 5.00. The van der Waals surface area contributed by atoms with E-state index < -0.39 is 0 Å². The van der Waals surface area contributed by atoms with Gasteiger partial charge in [0.05, 0.1) is 12.0 Å². The molecule has 1 aromatic carbocycles. The lowest BCUT2D eigenvalue weighted by molar-refractivity contribution is 0.462. The first-order valence-corrected chi connectivity index (χ1v) is 9.16. The van der Waals surface area contributed by atoms with Crippen LogP contribution in [0.1, 0.15) is 11.5 Å². The van der Waals surface area contributed by atoms with Crippen LogP contribution in [0.2, 0.25) is 0 Å². The second kappa shape index (κ2) is 6.98. The second-order valence-corrected chi connectivity index (χ2v) is 6.80. The molecule has 0 spiro atoms. The summed E-state index contributed by atoms with van der Waals surface area (Å²) >= 11 is 3.22. The van der Waals surface area contributed by atoms with Crippen LogP contribution < -0.4 is 0 Å². The molecule has 0 aliphatic carbocycles. The average Bonchev–Trinajstić information content (AvgIpc) is 3.37. The molecule has 0 bridgehead atoms. The number of thioether (sulfide) groups is 1. The highest BCUT2D eigenvalue weighted by molar-refractivity contribution is 7.98. The van der Waals surface area contributed by atoms with E-state index in [4.69, 9.17) is 4.42 Å². The van der Waals surface area contributed by atoms with Crippen LogP contribution in [0.25, 0.3) is 10.6 Å². The van der Waals surface area contributed by atoms with Crippen LogP contribution in [0, 0.1) is 0 Å². The van der Waals surface area contributed by atoms with E-state index in [1.807, 2.05) is 30.3 Å². The summed E-state index contributed by atoms with van der Waals surface area (Å²) in [6, 6.07) is 13.9. The third kappa shape index (κ3) is 3.39. The molecule has 3 aromatic heterocycles. The summed E-state index contributed by atoms with van der Waals surface area (Å²) in [5.74, 6) is 1.55. The molecule has 0 unspecified atom stereocenters. The fraction of sp³-hybridized carbons (Fsp3) is 0.125. The Hall–Kier alpha value is -2.45. The predicted octanol–water partition coefficient (Wildman–Crippen LogP) is 3.73. The minimum Gasteiger partial charge on any atom is -0.467 e. The maximum atomic E-state index is 5.34. The lowest BCUT2D eigenvalue weighted by atomic mass is 10.2. The predicted molar refractivity (Wildman–Crippen MR) is 92.7 cm³/mol. The molecule has 0 saturated heterocycles. The van der Waals surface area contributed by atoms with E-state index in [2.05, 4.69) is 38.0 Å². The van der Waals surface area contributed by atoms with E-state index in [9.17, 15) is 0 Å². The summed E-state index contributed by atoms with van der Waals surface area (Å²) in [6.45, 7) is 0.522. The Bertz CT molecular complexity index is 902. The average molecular weight is 355 g/mol. The number of rotatable bonds is 6. The van der Waals surface area contributed by atoms with Crippen LogP contribution in [0.4, 0.5) is 0 Å². The van der Waals surface area contributed by atoms with E-state index >= 15 is 0 Å². The van der Waals surface area contributed by atoms with E-state index in [-0.39, 0.29) is 0 Å². The van der Waals surface area contributed by atoms with Crippen molar-refractivity contribution in [3.8, 4) is 10.6 Å². The monoisotopic (exact) mass is 355 g/mol. The van der Waals surface area contributed by atoms with Gasteiger partial charge in [0.25, 0.3) is 0 Å². The van der Waals surface area contributed by atoms with Crippen molar-refractivity contribution in [3.05, 3.63) is 65.6 Å². The Morgan fingerprint density at radius 2 is 2.04 bits per heavy atom. The van der Waals surface area contributed by atoms with Gasteiger partial charge < -0.3 is 4.42 Å². The third-order valence-corrected chi connectivity index (χ3v) is 5.24. The van der Waals surface area contributed by atoms with Crippen molar-refractivity contribution in [2.24, 2.45) is 0 Å². The molecular formula is C16H13N5OS2. The number of benzene rings is 1. The minimum atomic E-state index is 0.522. The summed E-state index contributed by atoms with van der Waals surface area (Å²) in [6.07, 6.45) is 1.65. The van der Waals surface area contributed by atoms with Gasteiger partial charge in [0.1, 0.15) is 17.3 Å². The SMILES string of the molecule is c1ccc(-c2nc(CSc3nnnn3Cc3ccco3)cs2)cc1. The van der Waals surface area contributed by atoms with Crippen LogP contribution in [-0.4, -0.2) is 25.2 Å². The van der Waals surface area contributed by atoms with Gasteiger partial charge in [-0.15, -0.1) is 16.4 Å². The van der Waals surface area contributed by atoms with Crippen molar-refractivity contribution in [2.75, 3.05) is 0 Å². The maximum absolute atomic E-state index is 5.34. The molecule has 24 heavy (non-hydrogen) atoms. The number of hydrogen-bond donors (Lipinski definition) is 0. The summed E-state index contributed by atoms with van der Waals surface area (Å²) in [4.78, 5) is 4.69. The van der Waals surface area contributed by atoms with Crippen molar-refractivity contribution < 1.29 is 4.42 Å². The van der Waals surface area contributed by atoms with Crippen LogP contribution >= 0.6 is 23.1 Å². The molecule has 0 N–H and O–H groups in total. The fourth-order valence-corrected chi connectivity index (χ4v) is 3.87. The number of hydrogen-bond acceptors (Lipinski definition) is 7. The van der Waals surface area contributed by atoms with Gasteiger partial charge in [-0.3, -0.25) is 0 Å². The van der Waals surface area contributed by atoms with Gasteiger partial charge in [-0.05, 0) is 22.6 Å². The van der Waals surface area contributed by atoms with Gasteiger partial charge in [0.2, 0.25) is 5.16 Å². The van der Waals surface area contributed by atoms with E-state index in [0.717, 1.165) is 32.9 Å². The van der Waals surface area contributed by atoms with Crippen molar-refractivity contribution >= 4 is 23.1 Å². The van der Waals surface area contributed by atoms with Crippen LogP contribution in [0.5, 0.6) is 0 Å². The zero-order chi connectivity index (χ0) is 16.2. The number of aromatic nitrogens is 5. The Kier molecular flexibility index (Phi) is 4.39.